The highest BCUT2D eigenvalue weighted by atomic mass is 32.1. The standard InChI is InChI=1S/C15H21N5OS/c1-3-19(4-2)9-10-20-12-8-6-5-7-11(12)13(14(20)21)17-18-15(16)22/h5-8,21H,3-4,9-10H2,1-2H3,(H2,16,22). The van der Waals surface area contributed by atoms with Crippen LogP contribution in [0.25, 0.3) is 10.9 Å². The van der Waals surface area contributed by atoms with Crippen LogP contribution in [0.3, 0.4) is 0 Å². The van der Waals surface area contributed by atoms with E-state index >= 15 is 0 Å². The number of rotatable bonds is 6. The van der Waals surface area contributed by atoms with E-state index in [2.05, 4.69) is 29.0 Å². The molecule has 0 bridgehead atoms. The molecule has 2 rings (SSSR count). The minimum absolute atomic E-state index is 0.0561. The lowest BCUT2D eigenvalue weighted by atomic mass is 10.2. The Labute approximate surface area is 135 Å². The van der Waals surface area contributed by atoms with Crippen LogP contribution in [0.5, 0.6) is 5.88 Å². The summed E-state index contributed by atoms with van der Waals surface area (Å²) in [7, 11) is 0. The van der Waals surface area contributed by atoms with Gasteiger partial charge < -0.3 is 20.3 Å². The fraction of sp³-hybridized carbons (Fsp3) is 0.400. The normalized spacial score (nSPS) is 11.8. The number of aromatic hydroxyl groups is 1. The van der Waals surface area contributed by atoms with Gasteiger partial charge in [0.15, 0.2) is 5.69 Å². The topological polar surface area (TPSA) is 79.1 Å². The minimum atomic E-state index is -0.0561. The Bertz CT molecular complexity index is 691. The van der Waals surface area contributed by atoms with Crippen LogP contribution in [0, 0.1) is 0 Å². The Kier molecular flexibility index (Phi) is 5.46. The average molecular weight is 319 g/mol. The molecule has 0 saturated heterocycles. The van der Waals surface area contributed by atoms with Crippen LogP contribution in [-0.4, -0.2) is 39.3 Å². The maximum absolute atomic E-state index is 10.5. The quantitative estimate of drug-likeness (QED) is 0.633. The summed E-state index contributed by atoms with van der Waals surface area (Å²) in [4.78, 5) is 2.30. The van der Waals surface area contributed by atoms with E-state index in [4.69, 9.17) is 18.0 Å². The number of hydrogen-bond acceptors (Lipinski definition) is 4. The lowest BCUT2D eigenvalue weighted by Gasteiger charge is -2.18. The van der Waals surface area contributed by atoms with Gasteiger partial charge in [0.25, 0.3) is 0 Å². The predicted octanol–water partition coefficient (Wildman–Crippen LogP) is 3.02. The van der Waals surface area contributed by atoms with E-state index < -0.39 is 0 Å². The molecule has 2 aromatic rings. The van der Waals surface area contributed by atoms with Gasteiger partial charge >= 0.3 is 0 Å². The highest BCUT2D eigenvalue weighted by Crippen LogP contribution is 2.38. The largest absolute Gasteiger partial charge is 0.493 e. The molecule has 0 aliphatic carbocycles. The van der Waals surface area contributed by atoms with Crippen LogP contribution in [0.1, 0.15) is 13.8 Å². The van der Waals surface area contributed by atoms with Gasteiger partial charge in [0, 0.05) is 18.5 Å². The molecule has 0 unspecified atom stereocenters. The zero-order valence-electron chi connectivity index (χ0n) is 12.9. The van der Waals surface area contributed by atoms with E-state index in [-0.39, 0.29) is 11.0 Å². The van der Waals surface area contributed by atoms with Gasteiger partial charge in [0.05, 0.1) is 5.52 Å². The fourth-order valence-electron chi connectivity index (χ4n) is 2.48. The summed E-state index contributed by atoms with van der Waals surface area (Å²) in [6.07, 6.45) is 0. The molecule has 7 heteroatoms. The Morgan fingerprint density at radius 2 is 2.00 bits per heavy atom. The molecule has 1 aromatic carbocycles. The maximum Gasteiger partial charge on any atom is 0.220 e. The summed E-state index contributed by atoms with van der Waals surface area (Å²) in [5.41, 5.74) is 6.68. The monoisotopic (exact) mass is 319 g/mol. The molecule has 0 aliphatic rings. The molecule has 0 spiro atoms. The molecule has 0 fully saturated rings. The third-order valence-corrected chi connectivity index (χ3v) is 3.78. The lowest BCUT2D eigenvalue weighted by Crippen LogP contribution is -2.26. The van der Waals surface area contributed by atoms with Crippen LogP contribution in [0.4, 0.5) is 5.69 Å². The van der Waals surface area contributed by atoms with E-state index in [1.165, 1.54) is 0 Å². The highest BCUT2D eigenvalue weighted by Gasteiger charge is 2.16. The first-order chi connectivity index (χ1) is 10.6. The number of para-hydroxylation sites is 1. The number of benzene rings is 1. The van der Waals surface area contributed by atoms with Gasteiger partial charge in [-0.05, 0) is 31.4 Å². The summed E-state index contributed by atoms with van der Waals surface area (Å²) >= 11 is 4.71. The first-order valence-corrected chi connectivity index (χ1v) is 7.73. The number of hydrogen-bond donors (Lipinski definition) is 2. The minimum Gasteiger partial charge on any atom is -0.493 e. The summed E-state index contributed by atoms with van der Waals surface area (Å²) < 4.78 is 1.85. The van der Waals surface area contributed by atoms with Crippen LogP contribution in [0.2, 0.25) is 0 Å². The predicted molar refractivity (Wildman–Crippen MR) is 92.7 cm³/mol. The first kappa shape index (κ1) is 16.4. The van der Waals surface area contributed by atoms with Gasteiger partial charge in [-0.15, -0.1) is 10.2 Å². The molecule has 0 radical (unpaired) electrons. The molecule has 1 aromatic heterocycles. The van der Waals surface area contributed by atoms with Crippen LogP contribution in [0.15, 0.2) is 34.5 Å². The molecule has 22 heavy (non-hydrogen) atoms. The smallest absolute Gasteiger partial charge is 0.220 e. The SMILES string of the molecule is CCN(CC)CCn1c(O)c(N=NC(N)=S)c2ccccc21. The third kappa shape index (κ3) is 3.42. The van der Waals surface area contributed by atoms with Gasteiger partial charge in [-0.25, -0.2) is 0 Å². The third-order valence-electron chi connectivity index (χ3n) is 3.70. The van der Waals surface area contributed by atoms with Crippen molar-refractivity contribution < 1.29 is 5.11 Å². The number of azo groups is 1. The van der Waals surface area contributed by atoms with Crippen LogP contribution in [-0.2, 0) is 6.54 Å². The number of aromatic nitrogens is 1. The zero-order valence-corrected chi connectivity index (χ0v) is 13.7. The molecule has 6 nitrogen and oxygen atoms in total. The van der Waals surface area contributed by atoms with Crippen LogP contribution < -0.4 is 5.73 Å². The summed E-state index contributed by atoms with van der Waals surface area (Å²) in [6.45, 7) is 7.73. The van der Waals surface area contributed by atoms with E-state index in [9.17, 15) is 5.11 Å². The van der Waals surface area contributed by atoms with E-state index in [1.807, 2.05) is 28.8 Å². The Hall–Kier alpha value is -1.99. The molecule has 0 saturated carbocycles. The molecule has 0 amide bonds. The molecule has 0 aliphatic heterocycles. The van der Waals surface area contributed by atoms with Gasteiger partial charge in [-0.3, -0.25) is 0 Å². The van der Waals surface area contributed by atoms with Crippen molar-refractivity contribution in [3.05, 3.63) is 24.3 Å². The summed E-state index contributed by atoms with van der Waals surface area (Å²) in [6, 6.07) is 7.69. The second-order valence-electron chi connectivity index (χ2n) is 4.91. The van der Waals surface area contributed by atoms with Gasteiger partial charge in [0.1, 0.15) is 0 Å². The van der Waals surface area contributed by atoms with Crippen molar-refractivity contribution in [3.63, 3.8) is 0 Å². The lowest BCUT2D eigenvalue weighted by molar-refractivity contribution is 0.285. The van der Waals surface area contributed by atoms with Crippen molar-refractivity contribution in [1.29, 1.82) is 0 Å². The van der Waals surface area contributed by atoms with Crippen molar-refractivity contribution in [2.75, 3.05) is 19.6 Å². The molecule has 0 atom stereocenters. The van der Waals surface area contributed by atoms with Crippen molar-refractivity contribution >= 4 is 33.9 Å². The summed E-state index contributed by atoms with van der Waals surface area (Å²) in [5, 5.41) is 19.0. The van der Waals surface area contributed by atoms with Crippen molar-refractivity contribution in [3.8, 4) is 5.88 Å². The highest BCUT2D eigenvalue weighted by molar-refractivity contribution is 7.80. The van der Waals surface area contributed by atoms with Crippen molar-refractivity contribution in [2.45, 2.75) is 20.4 Å². The first-order valence-electron chi connectivity index (χ1n) is 7.32. The van der Waals surface area contributed by atoms with Crippen molar-refractivity contribution in [1.82, 2.24) is 9.47 Å². The number of nitrogens with two attached hydrogens (primary N) is 1. The average Bonchev–Trinajstić information content (AvgIpc) is 2.78. The van der Waals surface area contributed by atoms with Crippen molar-refractivity contribution in [2.24, 2.45) is 16.0 Å². The maximum atomic E-state index is 10.5. The fourth-order valence-corrected chi connectivity index (χ4v) is 2.52. The van der Waals surface area contributed by atoms with Gasteiger partial charge in [0.2, 0.25) is 11.0 Å². The molecule has 1 heterocycles. The number of fused-ring (bicyclic) bond motifs is 1. The molecule has 3 N–H and O–H groups in total. The van der Waals surface area contributed by atoms with E-state index in [0.717, 1.165) is 30.5 Å². The van der Waals surface area contributed by atoms with Crippen LogP contribution >= 0.6 is 12.2 Å². The Morgan fingerprint density at radius 3 is 2.64 bits per heavy atom. The van der Waals surface area contributed by atoms with Gasteiger partial charge in [-0.1, -0.05) is 32.0 Å². The molecular formula is C15H21N5OS. The second-order valence-corrected chi connectivity index (χ2v) is 5.32. The number of nitrogens with zero attached hydrogens (tertiary/aromatic N) is 4. The zero-order chi connectivity index (χ0) is 16.1. The van der Waals surface area contributed by atoms with Gasteiger partial charge in [-0.2, -0.15) is 0 Å². The molecular weight excluding hydrogens is 298 g/mol. The Balaban J connectivity index is 2.41. The number of likely N-dealkylation sites (N-methyl/N-ethyl adjacent to an activating group) is 1. The Morgan fingerprint density at radius 1 is 1.32 bits per heavy atom. The molecule has 118 valence electrons. The second kappa shape index (κ2) is 7.33. The van der Waals surface area contributed by atoms with E-state index in [1.54, 1.807) is 0 Å². The summed E-state index contributed by atoms with van der Waals surface area (Å²) in [5.74, 6) is 0.0911. The van der Waals surface area contributed by atoms with E-state index in [0.29, 0.717) is 12.2 Å². The number of thiocarbonyl (C=S) groups is 1.